The molecule has 0 spiro atoms. The topological polar surface area (TPSA) is 69.6 Å². The fourth-order valence-electron chi connectivity index (χ4n) is 2.10. The van der Waals surface area contributed by atoms with E-state index in [2.05, 4.69) is 12.2 Å². The molecule has 1 saturated carbocycles. The highest BCUT2D eigenvalue weighted by molar-refractivity contribution is 5.99. The van der Waals surface area contributed by atoms with Crippen molar-refractivity contribution in [3.8, 4) is 11.5 Å². The SMILES string of the molecule is CC1(CNC(=O)c2c(O)cccc2O)CCC1. The number of hydrogen-bond acceptors (Lipinski definition) is 3. The Kier molecular flexibility index (Phi) is 2.96. The van der Waals surface area contributed by atoms with Crippen LogP contribution in [0.1, 0.15) is 36.5 Å². The van der Waals surface area contributed by atoms with Crippen molar-refractivity contribution in [2.75, 3.05) is 6.54 Å². The Morgan fingerprint density at radius 3 is 2.41 bits per heavy atom. The molecule has 0 bridgehead atoms. The van der Waals surface area contributed by atoms with Gasteiger partial charge in [-0.2, -0.15) is 0 Å². The van der Waals surface area contributed by atoms with E-state index in [1.54, 1.807) is 0 Å². The van der Waals surface area contributed by atoms with Gasteiger partial charge in [0.25, 0.3) is 5.91 Å². The van der Waals surface area contributed by atoms with Crippen LogP contribution in [0.25, 0.3) is 0 Å². The molecule has 0 radical (unpaired) electrons. The third kappa shape index (κ3) is 2.35. The van der Waals surface area contributed by atoms with E-state index >= 15 is 0 Å². The number of phenolic OH excluding ortho intramolecular Hbond substituents is 2. The number of hydrogen-bond donors (Lipinski definition) is 3. The molecule has 0 aromatic heterocycles. The van der Waals surface area contributed by atoms with E-state index in [-0.39, 0.29) is 22.5 Å². The molecule has 3 N–H and O–H groups in total. The standard InChI is InChI=1S/C13H17NO3/c1-13(6-3-7-13)8-14-12(17)11-9(15)4-2-5-10(11)16/h2,4-5,15-16H,3,6-8H2,1H3,(H,14,17). The molecule has 1 amide bonds. The van der Waals surface area contributed by atoms with Gasteiger partial charge in [-0.15, -0.1) is 0 Å². The van der Waals surface area contributed by atoms with Crippen molar-refractivity contribution in [3.63, 3.8) is 0 Å². The van der Waals surface area contributed by atoms with Crippen molar-refractivity contribution < 1.29 is 15.0 Å². The van der Waals surface area contributed by atoms with Gasteiger partial charge in [0.2, 0.25) is 0 Å². The second-order valence-electron chi connectivity index (χ2n) is 5.02. The Balaban J connectivity index is 2.04. The van der Waals surface area contributed by atoms with E-state index < -0.39 is 5.91 Å². The average Bonchev–Trinajstić information content (AvgIpc) is 2.23. The summed E-state index contributed by atoms with van der Waals surface area (Å²) in [6.07, 6.45) is 3.42. The summed E-state index contributed by atoms with van der Waals surface area (Å²) in [5, 5.41) is 21.8. The summed E-state index contributed by atoms with van der Waals surface area (Å²) < 4.78 is 0. The minimum atomic E-state index is -0.422. The molecule has 4 heteroatoms. The number of aromatic hydroxyl groups is 2. The minimum Gasteiger partial charge on any atom is -0.507 e. The molecule has 1 aliphatic carbocycles. The number of nitrogens with one attached hydrogen (secondary N) is 1. The summed E-state index contributed by atoms with van der Waals surface area (Å²) in [4.78, 5) is 11.8. The number of carbonyl (C=O) groups excluding carboxylic acids is 1. The van der Waals surface area contributed by atoms with E-state index in [1.165, 1.54) is 24.6 Å². The molecule has 0 aliphatic heterocycles. The molecule has 0 heterocycles. The van der Waals surface area contributed by atoms with Crippen molar-refractivity contribution in [2.45, 2.75) is 26.2 Å². The van der Waals surface area contributed by atoms with Crippen LogP contribution >= 0.6 is 0 Å². The lowest BCUT2D eigenvalue weighted by molar-refractivity contribution is 0.0885. The van der Waals surface area contributed by atoms with Gasteiger partial charge in [-0.3, -0.25) is 4.79 Å². The number of carbonyl (C=O) groups is 1. The van der Waals surface area contributed by atoms with E-state index in [1.807, 2.05) is 0 Å². The monoisotopic (exact) mass is 235 g/mol. The maximum absolute atomic E-state index is 11.8. The lowest BCUT2D eigenvalue weighted by atomic mass is 9.70. The summed E-state index contributed by atoms with van der Waals surface area (Å²) in [5.74, 6) is -0.809. The first-order valence-corrected chi connectivity index (χ1v) is 5.81. The molecule has 1 aromatic rings. The Hall–Kier alpha value is -1.71. The van der Waals surface area contributed by atoms with Gasteiger partial charge in [-0.05, 0) is 30.4 Å². The lowest BCUT2D eigenvalue weighted by Crippen LogP contribution is -2.39. The molecule has 0 saturated heterocycles. The number of rotatable bonds is 3. The normalized spacial score (nSPS) is 17.2. The van der Waals surface area contributed by atoms with E-state index in [0.717, 1.165) is 12.8 Å². The van der Waals surface area contributed by atoms with Crippen molar-refractivity contribution in [2.24, 2.45) is 5.41 Å². The predicted molar refractivity (Wildman–Crippen MR) is 64.1 cm³/mol. The first-order chi connectivity index (χ1) is 8.02. The van der Waals surface area contributed by atoms with Crippen LogP contribution in [-0.4, -0.2) is 22.7 Å². The molecule has 0 unspecified atom stereocenters. The summed E-state index contributed by atoms with van der Waals surface area (Å²) in [6, 6.07) is 4.27. The van der Waals surface area contributed by atoms with Crippen LogP contribution in [0.2, 0.25) is 0 Å². The third-order valence-electron chi connectivity index (χ3n) is 3.48. The molecular weight excluding hydrogens is 218 g/mol. The van der Waals surface area contributed by atoms with Crippen LogP contribution in [0, 0.1) is 5.41 Å². The highest BCUT2D eigenvalue weighted by atomic mass is 16.3. The molecule has 17 heavy (non-hydrogen) atoms. The van der Waals surface area contributed by atoms with Crippen LogP contribution in [-0.2, 0) is 0 Å². The van der Waals surface area contributed by atoms with Gasteiger partial charge >= 0.3 is 0 Å². The zero-order valence-corrected chi connectivity index (χ0v) is 9.86. The smallest absolute Gasteiger partial charge is 0.258 e. The predicted octanol–water partition coefficient (Wildman–Crippen LogP) is 2.02. The fraction of sp³-hybridized carbons (Fsp3) is 0.462. The Morgan fingerprint density at radius 1 is 1.35 bits per heavy atom. The molecule has 4 nitrogen and oxygen atoms in total. The number of phenols is 2. The minimum absolute atomic E-state index is 0.0459. The van der Waals surface area contributed by atoms with Gasteiger partial charge in [0, 0.05) is 6.54 Å². The van der Waals surface area contributed by atoms with Crippen LogP contribution in [0.15, 0.2) is 18.2 Å². The van der Waals surface area contributed by atoms with Gasteiger partial charge in [0.15, 0.2) is 0 Å². The van der Waals surface area contributed by atoms with Crippen LogP contribution < -0.4 is 5.32 Å². The molecular formula is C13H17NO3. The van der Waals surface area contributed by atoms with Crippen molar-refractivity contribution in [1.82, 2.24) is 5.32 Å². The van der Waals surface area contributed by atoms with Gasteiger partial charge in [-0.25, -0.2) is 0 Å². The van der Waals surface area contributed by atoms with Crippen LogP contribution in [0.4, 0.5) is 0 Å². The average molecular weight is 235 g/mol. The summed E-state index contributed by atoms with van der Waals surface area (Å²) >= 11 is 0. The lowest BCUT2D eigenvalue weighted by Gasteiger charge is -2.38. The number of benzene rings is 1. The first-order valence-electron chi connectivity index (χ1n) is 5.81. The molecule has 2 rings (SSSR count). The zero-order valence-electron chi connectivity index (χ0n) is 9.86. The highest BCUT2D eigenvalue weighted by Crippen LogP contribution is 2.39. The van der Waals surface area contributed by atoms with Crippen LogP contribution in [0.3, 0.4) is 0 Å². The molecule has 1 fully saturated rings. The molecule has 92 valence electrons. The Morgan fingerprint density at radius 2 is 1.94 bits per heavy atom. The third-order valence-corrected chi connectivity index (χ3v) is 3.48. The van der Waals surface area contributed by atoms with Gasteiger partial charge in [0.1, 0.15) is 17.1 Å². The first kappa shape index (κ1) is 11.8. The van der Waals surface area contributed by atoms with Crippen molar-refractivity contribution in [3.05, 3.63) is 23.8 Å². The van der Waals surface area contributed by atoms with Crippen LogP contribution in [0.5, 0.6) is 11.5 Å². The Labute approximate surface area is 100 Å². The fourth-order valence-corrected chi connectivity index (χ4v) is 2.10. The van der Waals surface area contributed by atoms with Crippen molar-refractivity contribution in [1.29, 1.82) is 0 Å². The number of amides is 1. The second-order valence-corrected chi connectivity index (χ2v) is 5.02. The van der Waals surface area contributed by atoms with Crippen molar-refractivity contribution >= 4 is 5.91 Å². The summed E-state index contributed by atoms with van der Waals surface area (Å²) in [6.45, 7) is 2.71. The van der Waals surface area contributed by atoms with Gasteiger partial charge in [0.05, 0.1) is 0 Å². The largest absolute Gasteiger partial charge is 0.507 e. The van der Waals surface area contributed by atoms with E-state index in [9.17, 15) is 15.0 Å². The van der Waals surface area contributed by atoms with E-state index in [4.69, 9.17) is 0 Å². The second kappa shape index (κ2) is 4.28. The van der Waals surface area contributed by atoms with E-state index in [0.29, 0.717) is 6.54 Å². The maximum atomic E-state index is 11.8. The van der Waals surface area contributed by atoms with Gasteiger partial charge in [-0.1, -0.05) is 19.4 Å². The van der Waals surface area contributed by atoms with Gasteiger partial charge < -0.3 is 15.5 Å². The zero-order chi connectivity index (χ0) is 12.5. The molecule has 1 aromatic carbocycles. The summed E-state index contributed by atoms with van der Waals surface area (Å²) in [7, 11) is 0. The quantitative estimate of drug-likeness (QED) is 0.750. The molecule has 0 atom stereocenters. The highest BCUT2D eigenvalue weighted by Gasteiger charge is 2.32. The maximum Gasteiger partial charge on any atom is 0.258 e. The Bertz CT molecular complexity index is 418. The molecule has 1 aliphatic rings. The summed E-state index contributed by atoms with van der Waals surface area (Å²) in [5.41, 5.74) is 0.130.